The maximum atomic E-state index is 11.2. The van der Waals surface area contributed by atoms with Crippen LogP contribution in [0, 0.1) is 5.92 Å². The van der Waals surface area contributed by atoms with Gasteiger partial charge in [0.05, 0.1) is 18.8 Å². The average Bonchev–Trinajstić information content (AvgIpc) is 2.39. The number of ether oxygens (including phenoxy) is 1. The number of hydrogen-bond donors (Lipinski definition) is 2. The Balaban J connectivity index is 2.62. The number of carboxylic acid groups (broad SMARTS) is 1. The molecular formula is C12H23NO4. The molecule has 0 aromatic rings. The molecule has 17 heavy (non-hydrogen) atoms. The maximum Gasteiger partial charge on any atom is 0.409 e. The summed E-state index contributed by atoms with van der Waals surface area (Å²) in [6.07, 6.45) is -0.341. The molecule has 1 heterocycles. The molecule has 5 heteroatoms. The molecule has 5 nitrogen and oxygen atoms in total. The van der Waals surface area contributed by atoms with E-state index in [2.05, 4.69) is 0 Å². The predicted molar refractivity (Wildman–Crippen MR) is 63.8 cm³/mol. The van der Waals surface area contributed by atoms with Gasteiger partial charge in [0.1, 0.15) is 5.72 Å². The van der Waals surface area contributed by atoms with E-state index in [9.17, 15) is 15.0 Å². The van der Waals surface area contributed by atoms with Gasteiger partial charge < -0.3 is 14.9 Å². The number of nitrogens with zero attached hydrogens (tertiary/aromatic N) is 1. The summed E-state index contributed by atoms with van der Waals surface area (Å²) in [7, 11) is 0. The lowest BCUT2D eigenvalue weighted by atomic mass is 9.99. The zero-order chi connectivity index (χ0) is 13.2. The van der Waals surface area contributed by atoms with Crippen LogP contribution in [0.5, 0.6) is 0 Å². The van der Waals surface area contributed by atoms with Crippen molar-refractivity contribution in [3.63, 3.8) is 0 Å². The van der Waals surface area contributed by atoms with Crippen LogP contribution < -0.4 is 0 Å². The minimum absolute atomic E-state index is 0.253. The number of carbonyl (C=O) groups is 1. The molecule has 1 aliphatic heterocycles. The second-order valence-corrected chi connectivity index (χ2v) is 5.58. The molecule has 0 unspecified atom stereocenters. The van der Waals surface area contributed by atoms with Crippen LogP contribution in [0.15, 0.2) is 0 Å². The van der Waals surface area contributed by atoms with Crippen LogP contribution >= 0.6 is 0 Å². The highest BCUT2D eigenvalue weighted by Crippen LogP contribution is 2.30. The molecule has 0 aromatic heterocycles. The van der Waals surface area contributed by atoms with Gasteiger partial charge in [-0.15, -0.1) is 0 Å². The molecule has 2 N–H and O–H groups in total. The molecule has 1 saturated heterocycles. The van der Waals surface area contributed by atoms with E-state index in [4.69, 9.17) is 4.74 Å². The summed E-state index contributed by atoms with van der Waals surface area (Å²) >= 11 is 0. The molecule has 1 aliphatic rings. The highest BCUT2D eigenvalue weighted by Gasteiger charge is 2.44. The number of amides is 1. The maximum absolute atomic E-state index is 11.2. The van der Waals surface area contributed by atoms with Crippen LogP contribution in [0.1, 0.15) is 40.5 Å². The van der Waals surface area contributed by atoms with Crippen molar-refractivity contribution >= 4 is 6.09 Å². The first-order chi connectivity index (χ1) is 7.74. The summed E-state index contributed by atoms with van der Waals surface area (Å²) in [5.74, 6) is 0.401. The average molecular weight is 245 g/mol. The smallest absolute Gasteiger partial charge is 0.409 e. The highest BCUT2D eigenvalue weighted by atomic mass is 16.5. The summed E-state index contributed by atoms with van der Waals surface area (Å²) in [6, 6.07) is -0.253. The summed E-state index contributed by atoms with van der Waals surface area (Å²) in [5, 5.41) is 19.1. The molecule has 0 radical (unpaired) electrons. The molecule has 1 rings (SSSR count). The van der Waals surface area contributed by atoms with Gasteiger partial charge >= 0.3 is 6.09 Å². The van der Waals surface area contributed by atoms with E-state index in [1.54, 1.807) is 13.8 Å². The highest BCUT2D eigenvalue weighted by molar-refractivity contribution is 5.66. The predicted octanol–water partition coefficient (Wildman–Crippen LogP) is 1.90. The van der Waals surface area contributed by atoms with Gasteiger partial charge in [0.15, 0.2) is 0 Å². The Morgan fingerprint density at radius 1 is 1.53 bits per heavy atom. The first kappa shape index (κ1) is 14.3. The Kier molecular flexibility index (Phi) is 4.38. The monoisotopic (exact) mass is 245 g/mol. The fourth-order valence-corrected chi connectivity index (χ4v) is 2.40. The summed E-state index contributed by atoms with van der Waals surface area (Å²) in [5.41, 5.74) is -0.798. The molecule has 0 saturated carbocycles. The van der Waals surface area contributed by atoms with Crippen LogP contribution in [-0.2, 0) is 4.74 Å². The molecule has 0 aromatic carbocycles. The quantitative estimate of drug-likeness (QED) is 0.793. The Labute approximate surface area is 102 Å². The van der Waals surface area contributed by atoms with Gasteiger partial charge in [0.25, 0.3) is 0 Å². The van der Waals surface area contributed by atoms with Crippen molar-refractivity contribution in [2.24, 2.45) is 5.92 Å². The van der Waals surface area contributed by atoms with Crippen molar-refractivity contribution in [1.82, 2.24) is 4.90 Å². The van der Waals surface area contributed by atoms with E-state index < -0.39 is 17.9 Å². The third-order valence-electron chi connectivity index (χ3n) is 3.07. The van der Waals surface area contributed by atoms with Gasteiger partial charge in [-0.2, -0.15) is 0 Å². The minimum Gasteiger partial charge on any atom is -0.465 e. The summed E-state index contributed by atoms with van der Waals surface area (Å²) < 4.78 is 5.47. The first-order valence-electron chi connectivity index (χ1n) is 6.08. The molecule has 100 valence electrons. The standard InChI is InChI=1S/C12H23NO4/c1-8(2)5-10(14)6-9-7-17-12(3,4)13(9)11(15)16/h8-10,14H,5-7H2,1-4H3,(H,15,16)/t9-,10+/m0/s1. The van der Waals surface area contributed by atoms with Crippen molar-refractivity contribution in [1.29, 1.82) is 0 Å². The van der Waals surface area contributed by atoms with Crippen molar-refractivity contribution in [3.8, 4) is 0 Å². The Bertz CT molecular complexity index is 278. The van der Waals surface area contributed by atoms with Crippen molar-refractivity contribution in [2.45, 2.75) is 58.4 Å². The molecule has 0 aliphatic carbocycles. The van der Waals surface area contributed by atoms with Crippen LogP contribution in [0.4, 0.5) is 4.79 Å². The zero-order valence-electron chi connectivity index (χ0n) is 11.0. The molecule has 2 atom stereocenters. The van der Waals surface area contributed by atoms with Crippen LogP contribution in [-0.4, -0.2) is 45.7 Å². The van der Waals surface area contributed by atoms with E-state index in [-0.39, 0.29) is 6.04 Å². The largest absolute Gasteiger partial charge is 0.465 e. The lowest BCUT2D eigenvalue weighted by Gasteiger charge is -2.31. The van der Waals surface area contributed by atoms with E-state index >= 15 is 0 Å². The van der Waals surface area contributed by atoms with Crippen LogP contribution in [0.25, 0.3) is 0 Å². The Hall–Kier alpha value is -0.810. The van der Waals surface area contributed by atoms with Crippen molar-refractivity contribution < 1.29 is 19.7 Å². The lowest BCUT2D eigenvalue weighted by Crippen LogP contribution is -2.48. The van der Waals surface area contributed by atoms with Gasteiger partial charge in [-0.1, -0.05) is 13.8 Å². The Morgan fingerprint density at radius 2 is 2.12 bits per heavy atom. The SMILES string of the molecule is CC(C)C[C@@H](O)C[C@H]1COC(C)(C)N1C(=O)O. The number of rotatable bonds is 4. The zero-order valence-corrected chi connectivity index (χ0v) is 11.0. The third kappa shape index (κ3) is 3.57. The normalized spacial score (nSPS) is 25.3. The molecule has 1 fully saturated rings. The number of aliphatic hydroxyl groups excluding tert-OH is 1. The van der Waals surface area contributed by atoms with E-state index in [0.29, 0.717) is 25.4 Å². The summed E-state index contributed by atoms with van der Waals surface area (Å²) in [4.78, 5) is 12.5. The van der Waals surface area contributed by atoms with Crippen LogP contribution in [0.3, 0.4) is 0 Å². The molecule has 0 bridgehead atoms. The van der Waals surface area contributed by atoms with E-state index in [0.717, 1.165) is 0 Å². The number of aliphatic hydroxyl groups is 1. The lowest BCUT2D eigenvalue weighted by molar-refractivity contribution is -0.0431. The number of hydrogen-bond acceptors (Lipinski definition) is 3. The summed E-state index contributed by atoms with van der Waals surface area (Å²) in [6.45, 7) is 7.89. The topological polar surface area (TPSA) is 70.0 Å². The second kappa shape index (κ2) is 5.23. The van der Waals surface area contributed by atoms with Gasteiger partial charge in [-0.05, 0) is 32.6 Å². The van der Waals surface area contributed by atoms with Crippen molar-refractivity contribution in [2.75, 3.05) is 6.61 Å². The Morgan fingerprint density at radius 3 is 2.59 bits per heavy atom. The van der Waals surface area contributed by atoms with Gasteiger partial charge in [0.2, 0.25) is 0 Å². The third-order valence-corrected chi connectivity index (χ3v) is 3.07. The molecular weight excluding hydrogens is 222 g/mol. The van der Waals surface area contributed by atoms with E-state index in [1.165, 1.54) is 4.90 Å². The van der Waals surface area contributed by atoms with Gasteiger partial charge in [-0.3, -0.25) is 4.90 Å². The van der Waals surface area contributed by atoms with Gasteiger partial charge in [0, 0.05) is 0 Å². The fraction of sp³-hybridized carbons (Fsp3) is 0.917. The van der Waals surface area contributed by atoms with Gasteiger partial charge in [-0.25, -0.2) is 4.79 Å². The van der Waals surface area contributed by atoms with Crippen LogP contribution in [0.2, 0.25) is 0 Å². The van der Waals surface area contributed by atoms with E-state index in [1.807, 2.05) is 13.8 Å². The van der Waals surface area contributed by atoms with Crippen molar-refractivity contribution in [3.05, 3.63) is 0 Å². The molecule has 1 amide bonds. The first-order valence-corrected chi connectivity index (χ1v) is 6.08. The minimum atomic E-state index is -0.991. The second-order valence-electron chi connectivity index (χ2n) is 5.58. The molecule has 0 spiro atoms. The fourth-order valence-electron chi connectivity index (χ4n) is 2.40.